The molecule has 0 radical (unpaired) electrons. The number of carbonyl (C=O) groups is 1. The summed E-state index contributed by atoms with van der Waals surface area (Å²) >= 11 is 0. The molecule has 0 saturated carbocycles. The lowest BCUT2D eigenvalue weighted by atomic mass is 10.2. The molecule has 0 aromatic carbocycles. The van der Waals surface area contributed by atoms with Crippen LogP contribution in [0, 0.1) is 6.92 Å². The van der Waals surface area contributed by atoms with Crippen molar-refractivity contribution in [3.05, 3.63) is 35.4 Å². The predicted molar refractivity (Wildman–Crippen MR) is 73.9 cm³/mol. The quantitative estimate of drug-likeness (QED) is 0.875. The van der Waals surface area contributed by atoms with Gasteiger partial charge >= 0.3 is 0 Å². The van der Waals surface area contributed by atoms with Crippen LogP contribution in [0.4, 0.5) is 11.4 Å². The molecule has 0 aliphatic carbocycles. The van der Waals surface area contributed by atoms with Gasteiger partial charge < -0.3 is 11.1 Å². The van der Waals surface area contributed by atoms with Gasteiger partial charge in [-0.05, 0) is 25.5 Å². The normalized spacial score (nSPS) is 10.5. The molecule has 2 aromatic heterocycles. The Kier molecular flexibility index (Phi) is 3.50. The van der Waals surface area contributed by atoms with Gasteiger partial charge in [-0.1, -0.05) is 6.92 Å². The lowest BCUT2D eigenvalue weighted by Crippen LogP contribution is -2.17. The molecule has 3 N–H and O–H groups in total. The highest BCUT2D eigenvalue weighted by molar-refractivity contribution is 6.06. The van der Waals surface area contributed by atoms with Crippen molar-refractivity contribution in [1.82, 2.24) is 14.8 Å². The molecule has 6 nitrogen and oxygen atoms in total. The van der Waals surface area contributed by atoms with Crippen molar-refractivity contribution < 1.29 is 4.79 Å². The number of rotatable bonds is 3. The zero-order valence-corrected chi connectivity index (χ0v) is 11.3. The van der Waals surface area contributed by atoms with Gasteiger partial charge in [0, 0.05) is 12.7 Å². The molecule has 2 heterocycles. The number of pyridine rings is 1. The molecule has 19 heavy (non-hydrogen) atoms. The smallest absolute Gasteiger partial charge is 0.276 e. The number of anilines is 2. The van der Waals surface area contributed by atoms with E-state index in [0.717, 1.165) is 11.4 Å². The summed E-state index contributed by atoms with van der Waals surface area (Å²) in [5, 5.41) is 6.98. The second-order valence-corrected chi connectivity index (χ2v) is 4.33. The Hall–Kier alpha value is -2.37. The summed E-state index contributed by atoms with van der Waals surface area (Å²) in [5.41, 5.74) is 9.00. The third kappa shape index (κ3) is 2.57. The lowest BCUT2D eigenvalue weighted by molar-refractivity contribution is 0.101. The first kappa shape index (κ1) is 13.1. The number of aromatic nitrogens is 3. The number of nitrogens with two attached hydrogens (primary N) is 1. The van der Waals surface area contributed by atoms with Crippen LogP contribution in [0.15, 0.2) is 18.3 Å². The largest absolute Gasteiger partial charge is 0.395 e. The summed E-state index contributed by atoms with van der Waals surface area (Å²) in [7, 11) is 1.71. The van der Waals surface area contributed by atoms with E-state index in [4.69, 9.17) is 5.73 Å². The number of nitrogens with one attached hydrogen (secondary N) is 1. The Bertz CT molecular complexity index is 600. The van der Waals surface area contributed by atoms with Gasteiger partial charge in [-0.25, -0.2) is 0 Å². The van der Waals surface area contributed by atoms with Gasteiger partial charge in [-0.2, -0.15) is 5.10 Å². The fraction of sp³-hybridized carbons (Fsp3) is 0.308. The van der Waals surface area contributed by atoms with E-state index >= 15 is 0 Å². The zero-order chi connectivity index (χ0) is 14.0. The molecule has 0 saturated heterocycles. The highest BCUT2D eigenvalue weighted by atomic mass is 16.2. The second-order valence-electron chi connectivity index (χ2n) is 4.33. The summed E-state index contributed by atoms with van der Waals surface area (Å²) in [6.45, 7) is 3.84. The van der Waals surface area contributed by atoms with Crippen LogP contribution in [0.1, 0.15) is 28.8 Å². The minimum Gasteiger partial charge on any atom is -0.395 e. The Morgan fingerprint density at radius 1 is 1.47 bits per heavy atom. The molecule has 0 atom stereocenters. The van der Waals surface area contributed by atoms with Crippen LogP contribution in [0.3, 0.4) is 0 Å². The molecule has 6 heteroatoms. The SMILES string of the molecule is CCc1nn(C)c(C(=O)Nc2ccc(C)nc2)c1N. The Labute approximate surface area is 111 Å². The van der Waals surface area contributed by atoms with Crippen LogP contribution in [0.2, 0.25) is 0 Å². The van der Waals surface area contributed by atoms with Crippen molar-refractivity contribution in [3.63, 3.8) is 0 Å². The maximum atomic E-state index is 12.2. The zero-order valence-electron chi connectivity index (χ0n) is 11.3. The molecule has 0 aliphatic heterocycles. The maximum Gasteiger partial charge on any atom is 0.276 e. The van der Waals surface area contributed by atoms with Gasteiger partial charge in [0.1, 0.15) is 5.69 Å². The van der Waals surface area contributed by atoms with Crippen molar-refractivity contribution in [2.45, 2.75) is 20.3 Å². The van der Waals surface area contributed by atoms with Crippen LogP contribution < -0.4 is 11.1 Å². The molecular formula is C13H17N5O. The maximum absolute atomic E-state index is 12.2. The van der Waals surface area contributed by atoms with E-state index in [-0.39, 0.29) is 5.91 Å². The van der Waals surface area contributed by atoms with E-state index in [1.807, 2.05) is 19.9 Å². The molecule has 2 rings (SSSR count). The summed E-state index contributed by atoms with van der Waals surface area (Å²) in [6, 6.07) is 3.63. The second kappa shape index (κ2) is 5.09. The molecular weight excluding hydrogens is 242 g/mol. The molecule has 100 valence electrons. The Balaban J connectivity index is 2.25. The first-order valence-electron chi connectivity index (χ1n) is 6.08. The van der Waals surface area contributed by atoms with Crippen molar-refractivity contribution >= 4 is 17.3 Å². The minimum absolute atomic E-state index is 0.280. The summed E-state index contributed by atoms with van der Waals surface area (Å²) in [6.07, 6.45) is 2.31. The van der Waals surface area contributed by atoms with Crippen molar-refractivity contribution in [2.75, 3.05) is 11.1 Å². The highest BCUT2D eigenvalue weighted by Crippen LogP contribution is 2.18. The van der Waals surface area contributed by atoms with Gasteiger partial charge in [0.05, 0.1) is 23.3 Å². The molecule has 0 unspecified atom stereocenters. The van der Waals surface area contributed by atoms with E-state index in [0.29, 0.717) is 23.5 Å². The fourth-order valence-electron chi connectivity index (χ4n) is 1.86. The van der Waals surface area contributed by atoms with Crippen molar-refractivity contribution in [2.24, 2.45) is 7.05 Å². The average molecular weight is 259 g/mol. The molecule has 1 amide bonds. The first-order chi connectivity index (χ1) is 9.02. The van der Waals surface area contributed by atoms with Crippen LogP contribution in [-0.4, -0.2) is 20.7 Å². The van der Waals surface area contributed by atoms with Crippen molar-refractivity contribution in [3.8, 4) is 0 Å². The van der Waals surface area contributed by atoms with Gasteiger partial charge in [0.2, 0.25) is 0 Å². The topological polar surface area (TPSA) is 85.8 Å². The molecule has 0 spiro atoms. The lowest BCUT2D eigenvalue weighted by Gasteiger charge is -2.06. The number of aryl methyl sites for hydroxylation is 3. The Morgan fingerprint density at radius 3 is 2.74 bits per heavy atom. The van der Waals surface area contributed by atoms with E-state index in [2.05, 4.69) is 15.4 Å². The number of carbonyl (C=O) groups excluding carboxylic acids is 1. The van der Waals surface area contributed by atoms with Gasteiger partial charge in [-0.15, -0.1) is 0 Å². The third-order valence-corrected chi connectivity index (χ3v) is 2.88. The van der Waals surface area contributed by atoms with E-state index in [1.54, 1.807) is 19.3 Å². The van der Waals surface area contributed by atoms with Gasteiger partial charge in [0.25, 0.3) is 5.91 Å². The first-order valence-corrected chi connectivity index (χ1v) is 6.08. The summed E-state index contributed by atoms with van der Waals surface area (Å²) in [5.74, 6) is -0.280. The number of amides is 1. The average Bonchev–Trinajstić information content (AvgIpc) is 2.67. The van der Waals surface area contributed by atoms with Crippen LogP contribution in [0.5, 0.6) is 0 Å². The van der Waals surface area contributed by atoms with E-state index < -0.39 is 0 Å². The van der Waals surface area contributed by atoms with E-state index in [1.165, 1.54) is 4.68 Å². The molecule has 0 fully saturated rings. The van der Waals surface area contributed by atoms with Crippen LogP contribution in [-0.2, 0) is 13.5 Å². The predicted octanol–water partition coefficient (Wildman–Crippen LogP) is 1.52. The molecule has 0 aliphatic rings. The standard InChI is InChI=1S/C13H17N5O/c1-4-10-11(14)12(18(3)17-10)13(19)16-9-6-5-8(2)15-7-9/h5-7H,4,14H2,1-3H3,(H,16,19). The van der Waals surface area contributed by atoms with Crippen molar-refractivity contribution in [1.29, 1.82) is 0 Å². The third-order valence-electron chi connectivity index (χ3n) is 2.88. The molecule has 2 aromatic rings. The number of hydrogen-bond acceptors (Lipinski definition) is 4. The number of nitrogen functional groups attached to an aromatic ring is 1. The number of nitrogens with zero attached hydrogens (tertiary/aromatic N) is 3. The minimum atomic E-state index is -0.280. The van der Waals surface area contributed by atoms with Gasteiger partial charge in [0.15, 0.2) is 0 Å². The molecule has 0 bridgehead atoms. The fourth-order valence-corrected chi connectivity index (χ4v) is 1.86. The van der Waals surface area contributed by atoms with Gasteiger partial charge in [-0.3, -0.25) is 14.5 Å². The Morgan fingerprint density at radius 2 is 2.21 bits per heavy atom. The van der Waals surface area contributed by atoms with Crippen LogP contribution in [0.25, 0.3) is 0 Å². The summed E-state index contributed by atoms with van der Waals surface area (Å²) < 4.78 is 1.51. The highest BCUT2D eigenvalue weighted by Gasteiger charge is 2.19. The van der Waals surface area contributed by atoms with Crippen LogP contribution >= 0.6 is 0 Å². The summed E-state index contributed by atoms with van der Waals surface area (Å²) in [4.78, 5) is 16.3. The van der Waals surface area contributed by atoms with E-state index in [9.17, 15) is 4.79 Å². The monoisotopic (exact) mass is 259 g/mol. The number of hydrogen-bond donors (Lipinski definition) is 2.